The first-order valence-corrected chi connectivity index (χ1v) is 9.85. The van der Waals surface area contributed by atoms with Crippen LogP contribution in [0.5, 0.6) is 5.75 Å². The zero-order valence-corrected chi connectivity index (χ0v) is 18.1. The van der Waals surface area contributed by atoms with Crippen LogP contribution in [-0.2, 0) is 4.74 Å². The first-order valence-electron chi connectivity index (χ1n) is 9.85. The van der Waals surface area contributed by atoms with Crippen LogP contribution in [0.1, 0.15) is 27.7 Å². The van der Waals surface area contributed by atoms with Crippen molar-refractivity contribution in [2.24, 2.45) is 0 Å². The third-order valence-electron chi connectivity index (χ3n) is 5.03. The van der Waals surface area contributed by atoms with Crippen LogP contribution in [0.3, 0.4) is 0 Å². The van der Waals surface area contributed by atoms with Gasteiger partial charge in [-0.25, -0.2) is 4.68 Å². The molecule has 0 saturated carbocycles. The van der Waals surface area contributed by atoms with Crippen LogP contribution in [0, 0.1) is 6.92 Å². The Balaban J connectivity index is 0.00000289. The number of ether oxygens (including phenoxy) is 2. The van der Waals surface area contributed by atoms with Gasteiger partial charge in [0.15, 0.2) is 0 Å². The molecule has 1 saturated heterocycles. The van der Waals surface area contributed by atoms with E-state index in [4.69, 9.17) is 4.74 Å². The molecule has 7 nitrogen and oxygen atoms in total. The van der Waals surface area contributed by atoms with Crippen LogP contribution >= 0.6 is 12.4 Å². The molecule has 1 aliphatic heterocycles. The fraction of sp³-hybridized carbons (Fsp3) is 0.273. The standard InChI is InChI=1S/C22H22F2N4O3.ClH/c1-14-19(12-26-28(14)17-6-8-18(9-7-17)31-22(23)24)21(29)27-16-4-2-15(3-5-16)20-13-25-10-11-30-20;/h2-9,12,20,22,25H,10-11,13H2,1H3,(H,27,29);1H/t20-;/m1./s1. The lowest BCUT2D eigenvalue weighted by molar-refractivity contribution is -0.0498. The minimum Gasteiger partial charge on any atom is -0.435 e. The van der Waals surface area contributed by atoms with E-state index in [1.807, 2.05) is 24.3 Å². The summed E-state index contributed by atoms with van der Waals surface area (Å²) in [6.07, 6.45) is 1.49. The van der Waals surface area contributed by atoms with Crippen LogP contribution in [0.25, 0.3) is 5.69 Å². The van der Waals surface area contributed by atoms with Crippen LogP contribution in [-0.4, -0.2) is 42.0 Å². The molecule has 0 bridgehead atoms. The number of halogens is 3. The number of hydrogen-bond donors (Lipinski definition) is 2. The number of rotatable bonds is 6. The maximum absolute atomic E-state index is 12.7. The summed E-state index contributed by atoms with van der Waals surface area (Å²) in [6.45, 7) is 1.18. The lowest BCUT2D eigenvalue weighted by Gasteiger charge is -2.24. The van der Waals surface area contributed by atoms with Gasteiger partial charge in [-0.05, 0) is 48.9 Å². The Morgan fingerprint density at radius 2 is 1.94 bits per heavy atom. The third-order valence-corrected chi connectivity index (χ3v) is 5.03. The number of benzene rings is 2. The molecule has 1 aliphatic rings. The Morgan fingerprint density at radius 3 is 2.56 bits per heavy atom. The van der Waals surface area contributed by atoms with Crippen LogP contribution in [0.4, 0.5) is 14.5 Å². The Kier molecular flexibility index (Phi) is 7.79. The molecule has 3 aromatic rings. The molecule has 2 heterocycles. The van der Waals surface area contributed by atoms with Gasteiger partial charge >= 0.3 is 6.61 Å². The largest absolute Gasteiger partial charge is 0.435 e. The smallest absolute Gasteiger partial charge is 0.387 e. The average Bonchev–Trinajstić information content (AvgIpc) is 3.16. The highest BCUT2D eigenvalue weighted by atomic mass is 35.5. The number of alkyl halides is 2. The zero-order chi connectivity index (χ0) is 21.8. The summed E-state index contributed by atoms with van der Waals surface area (Å²) in [5.41, 5.74) is 3.38. The highest BCUT2D eigenvalue weighted by molar-refractivity contribution is 6.05. The molecule has 0 spiro atoms. The van der Waals surface area contributed by atoms with Crippen molar-refractivity contribution in [2.45, 2.75) is 19.6 Å². The fourth-order valence-corrected chi connectivity index (χ4v) is 3.42. The molecule has 2 aromatic carbocycles. The van der Waals surface area contributed by atoms with Crippen LogP contribution < -0.4 is 15.4 Å². The van der Waals surface area contributed by atoms with Crippen molar-refractivity contribution < 1.29 is 23.0 Å². The second-order valence-electron chi connectivity index (χ2n) is 7.07. The van der Waals surface area contributed by atoms with Crippen LogP contribution in [0.15, 0.2) is 54.7 Å². The van der Waals surface area contributed by atoms with Gasteiger partial charge < -0.3 is 20.1 Å². The van der Waals surface area contributed by atoms with Gasteiger partial charge in [-0.1, -0.05) is 12.1 Å². The molecule has 32 heavy (non-hydrogen) atoms. The molecule has 1 aromatic heterocycles. The van der Waals surface area contributed by atoms with E-state index in [2.05, 4.69) is 20.5 Å². The molecule has 4 rings (SSSR count). The molecule has 2 N–H and O–H groups in total. The number of morpholine rings is 1. The normalized spacial score (nSPS) is 15.8. The van der Waals surface area contributed by atoms with Gasteiger partial charge in [0.05, 0.1) is 35.9 Å². The summed E-state index contributed by atoms with van der Waals surface area (Å²) in [4.78, 5) is 12.7. The van der Waals surface area contributed by atoms with Crippen molar-refractivity contribution >= 4 is 24.0 Å². The predicted molar refractivity (Wildman–Crippen MR) is 118 cm³/mol. The Bertz CT molecular complexity index is 1040. The van der Waals surface area contributed by atoms with Crippen molar-refractivity contribution in [2.75, 3.05) is 25.0 Å². The Hall–Kier alpha value is -3.01. The molecular formula is C22H23ClF2N4O3. The van der Waals surface area contributed by atoms with Gasteiger partial charge in [0.1, 0.15) is 5.75 Å². The van der Waals surface area contributed by atoms with Crippen molar-refractivity contribution in [3.63, 3.8) is 0 Å². The Morgan fingerprint density at radius 1 is 1.22 bits per heavy atom. The van der Waals surface area contributed by atoms with E-state index in [9.17, 15) is 13.6 Å². The molecule has 1 fully saturated rings. The second kappa shape index (κ2) is 10.5. The monoisotopic (exact) mass is 464 g/mol. The first-order chi connectivity index (χ1) is 15.0. The second-order valence-corrected chi connectivity index (χ2v) is 7.07. The van der Waals surface area contributed by atoms with E-state index < -0.39 is 6.61 Å². The molecule has 0 unspecified atom stereocenters. The SMILES string of the molecule is Cc1c(C(=O)Nc2ccc([C@H]3CNCCO3)cc2)cnn1-c1ccc(OC(F)F)cc1.Cl. The quantitative estimate of drug-likeness (QED) is 0.574. The number of nitrogens with zero attached hydrogens (tertiary/aromatic N) is 2. The zero-order valence-electron chi connectivity index (χ0n) is 17.3. The molecule has 1 atom stereocenters. The summed E-state index contributed by atoms with van der Waals surface area (Å²) < 4.78 is 36.3. The van der Waals surface area contributed by atoms with E-state index in [-0.39, 0.29) is 30.2 Å². The summed E-state index contributed by atoms with van der Waals surface area (Å²) in [5, 5.41) is 10.4. The lowest BCUT2D eigenvalue weighted by atomic mass is 10.1. The fourth-order valence-electron chi connectivity index (χ4n) is 3.42. The highest BCUT2D eigenvalue weighted by Crippen LogP contribution is 2.22. The lowest BCUT2D eigenvalue weighted by Crippen LogP contribution is -2.33. The number of carbonyl (C=O) groups is 1. The molecule has 0 aliphatic carbocycles. The highest BCUT2D eigenvalue weighted by Gasteiger charge is 2.18. The van der Waals surface area contributed by atoms with E-state index in [0.29, 0.717) is 29.2 Å². The van der Waals surface area contributed by atoms with Gasteiger partial charge in [0.2, 0.25) is 0 Å². The molecule has 170 valence electrons. The topological polar surface area (TPSA) is 77.4 Å². The number of nitrogens with one attached hydrogen (secondary N) is 2. The van der Waals surface area contributed by atoms with Gasteiger partial charge in [-0.3, -0.25) is 4.79 Å². The van der Waals surface area contributed by atoms with E-state index >= 15 is 0 Å². The number of hydrogen-bond acceptors (Lipinski definition) is 5. The predicted octanol–water partition coefficient (Wildman–Crippen LogP) is 4.12. The summed E-state index contributed by atoms with van der Waals surface area (Å²) in [7, 11) is 0. The first kappa shape index (κ1) is 23.6. The van der Waals surface area contributed by atoms with Crippen molar-refractivity contribution in [1.82, 2.24) is 15.1 Å². The summed E-state index contributed by atoms with van der Waals surface area (Å²) >= 11 is 0. The Labute approximate surface area is 190 Å². The number of carbonyl (C=O) groups excluding carboxylic acids is 1. The molecule has 10 heteroatoms. The van der Waals surface area contributed by atoms with Crippen molar-refractivity contribution in [3.8, 4) is 11.4 Å². The maximum atomic E-state index is 12.7. The minimum atomic E-state index is -2.88. The molecular weight excluding hydrogens is 442 g/mol. The summed E-state index contributed by atoms with van der Waals surface area (Å²) in [6, 6.07) is 13.6. The van der Waals surface area contributed by atoms with Gasteiger partial charge in [0, 0.05) is 18.8 Å². The minimum absolute atomic E-state index is 0. The summed E-state index contributed by atoms with van der Waals surface area (Å²) in [5.74, 6) is -0.232. The van der Waals surface area contributed by atoms with Gasteiger partial charge in [0.25, 0.3) is 5.91 Å². The van der Waals surface area contributed by atoms with Gasteiger partial charge in [-0.15, -0.1) is 12.4 Å². The maximum Gasteiger partial charge on any atom is 0.387 e. The third kappa shape index (κ3) is 5.42. The van der Waals surface area contributed by atoms with E-state index in [1.165, 1.54) is 18.3 Å². The van der Waals surface area contributed by atoms with Crippen LogP contribution in [0.2, 0.25) is 0 Å². The van der Waals surface area contributed by atoms with E-state index in [1.54, 1.807) is 23.7 Å². The van der Waals surface area contributed by atoms with Crippen molar-refractivity contribution in [3.05, 3.63) is 71.5 Å². The molecule has 1 amide bonds. The number of aromatic nitrogens is 2. The number of anilines is 1. The molecule has 0 radical (unpaired) electrons. The average molecular weight is 465 g/mol. The van der Waals surface area contributed by atoms with Crippen molar-refractivity contribution in [1.29, 1.82) is 0 Å². The number of amides is 1. The van der Waals surface area contributed by atoms with E-state index in [0.717, 1.165) is 18.7 Å². The van der Waals surface area contributed by atoms with Gasteiger partial charge in [-0.2, -0.15) is 13.9 Å².